The summed E-state index contributed by atoms with van der Waals surface area (Å²) in [7, 11) is -2.58. The Morgan fingerprint density at radius 1 is 1.21 bits per heavy atom. The Morgan fingerprint density at radius 2 is 1.92 bits per heavy atom. The van der Waals surface area contributed by atoms with Crippen LogP contribution in [0.5, 0.6) is 0 Å². The van der Waals surface area contributed by atoms with E-state index in [0.717, 1.165) is 25.7 Å². The average Bonchev–Trinajstić information content (AvgIpc) is 2.96. The molecule has 0 radical (unpaired) electrons. The van der Waals surface area contributed by atoms with Gasteiger partial charge in [-0.15, -0.1) is 0 Å². The Balaban J connectivity index is 2.04. The first kappa shape index (κ1) is 18.0. The number of methoxy groups -OCH3 is 1. The Morgan fingerprint density at radius 3 is 2.58 bits per heavy atom. The number of fused-ring (bicyclic) bond motifs is 1. The van der Waals surface area contributed by atoms with Gasteiger partial charge in [0.05, 0.1) is 22.1 Å². The molecule has 8 heteroatoms. The number of carbonyl (C=O) groups excluding carboxylic acids is 1. The van der Waals surface area contributed by atoms with E-state index in [1.807, 2.05) is 0 Å². The molecule has 1 saturated carbocycles. The van der Waals surface area contributed by atoms with Crippen LogP contribution >= 0.6 is 23.2 Å². The summed E-state index contributed by atoms with van der Waals surface area (Å²) in [6.45, 7) is 0. The van der Waals surface area contributed by atoms with Crippen molar-refractivity contribution in [2.24, 2.45) is 5.92 Å². The van der Waals surface area contributed by atoms with Gasteiger partial charge in [-0.2, -0.15) is 4.31 Å². The zero-order valence-corrected chi connectivity index (χ0v) is 15.6. The Kier molecular flexibility index (Phi) is 5.12. The van der Waals surface area contributed by atoms with E-state index in [9.17, 15) is 13.2 Å². The minimum atomic E-state index is -3.86. The van der Waals surface area contributed by atoms with Crippen molar-refractivity contribution in [3.8, 4) is 0 Å². The van der Waals surface area contributed by atoms with E-state index in [-0.39, 0.29) is 26.9 Å². The number of benzene rings is 1. The summed E-state index contributed by atoms with van der Waals surface area (Å²) in [4.78, 5) is 12.2. The van der Waals surface area contributed by atoms with Crippen LogP contribution in [0.2, 0.25) is 10.0 Å². The largest absolute Gasteiger partial charge is 0.468 e. The van der Waals surface area contributed by atoms with Crippen molar-refractivity contribution in [1.29, 1.82) is 0 Å². The SMILES string of the molecule is COC(=O)[C@@H]1C[C@H]2CCCC[C@H]2N1S(=O)(=O)c1ccc(Cl)c(Cl)c1. The van der Waals surface area contributed by atoms with Crippen LogP contribution in [0.25, 0.3) is 0 Å². The lowest BCUT2D eigenvalue weighted by Crippen LogP contribution is -2.46. The second-order valence-electron chi connectivity index (χ2n) is 6.30. The molecule has 0 spiro atoms. The van der Waals surface area contributed by atoms with Gasteiger partial charge in [0, 0.05) is 6.04 Å². The lowest BCUT2D eigenvalue weighted by molar-refractivity contribution is -0.144. The van der Waals surface area contributed by atoms with E-state index in [1.165, 1.54) is 29.6 Å². The maximum atomic E-state index is 13.2. The minimum absolute atomic E-state index is 0.0528. The molecular formula is C16H19Cl2NO4S. The fraction of sp³-hybridized carbons (Fsp3) is 0.562. The summed E-state index contributed by atoms with van der Waals surface area (Å²) < 4.78 is 32.6. The molecule has 0 bridgehead atoms. The quantitative estimate of drug-likeness (QED) is 0.739. The molecule has 5 nitrogen and oxygen atoms in total. The number of hydrogen-bond donors (Lipinski definition) is 0. The zero-order chi connectivity index (χ0) is 17.5. The molecule has 2 fully saturated rings. The molecule has 3 atom stereocenters. The third-order valence-corrected chi connectivity index (χ3v) is 7.64. The number of halogens is 2. The summed E-state index contributed by atoms with van der Waals surface area (Å²) in [5.41, 5.74) is 0. The number of esters is 1. The number of nitrogens with zero attached hydrogens (tertiary/aromatic N) is 1. The Hall–Kier alpha value is -0.820. The van der Waals surface area contributed by atoms with Gasteiger partial charge in [0.15, 0.2) is 0 Å². The van der Waals surface area contributed by atoms with E-state index in [0.29, 0.717) is 6.42 Å². The van der Waals surface area contributed by atoms with Gasteiger partial charge in [-0.05, 0) is 43.4 Å². The fourth-order valence-electron chi connectivity index (χ4n) is 3.86. The van der Waals surface area contributed by atoms with E-state index in [4.69, 9.17) is 27.9 Å². The Labute approximate surface area is 151 Å². The number of carbonyl (C=O) groups is 1. The monoisotopic (exact) mass is 391 g/mol. The minimum Gasteiger partial charge on any atom is -0.468 e. The van der Waals surface area contributed by atoms with Gasteiger partial charge in [0.1, 0.15) is 6.04 Å². The van der Waals surface area contributed by atoms with Crippen LogP contribution in [0.4, 0.5) is 0 Å². The van der Waals surface area contributed by atoms with Crippen molar-refractivity contribution in [1.82, 2.24) is 4.31 Å². The molecule has 0 unspecified atom stereocenters. The van der Waals surface area contributed by atoms with Gasteiger partial charge in [0.2, 0.25) is 10.0 Å². The molecule has 1 heterocycles. The first-order valence-corrected chi connectivity index (χ1v) is 10.1. The molecule has 0 aromatic heterocycles. The predicted molar refractivity (Wildman–Crippen MR) is 91.7 cm³/mol. The van der Waals surface area contributed by atoms with Gasteiger partial charge in [-0.25, -0.2) is 8.42 Å². The third kappa shape index (κ3) is 3.05. The van der Waals surface area contributed by atoms with E-state index in [1.54, 1.807) is 0 Å². The molecule has 1 aliphatic carbocycles. The molecule has 1 aromatic rings. The number of rotatable bonds is 3. The molecule has 1 aromatic carbocycles. The summed E-state index contributed by atoms with van der Waals surface area (Å²) in [6.07, 6.45) is 4.24. The van der Waals surface area contributed by atoms with Crippen LogP contribution < -0.4 is 0 Å². The molecule has 24 heavy (non-hydrogen) atoms. The van der Waals surface area contributed by atoms with E-state index in [2.05, 4.69) is 0 Å². The molecule has 132 valence electrons. The van der Waals surface area contributed by atoms with Crippen LogP contribution in [0.15, 0.2) is 23.1 Å². The molecule has 0 N–H and O–H groups in total. The highest BCUT2D eigenvalue weighted by molar-refractivity contribution is 7.89. The zero-order valence-electron chi connectivity index (χ0n) is 13.2. The maximum Gasteiger partial charge on any atom is 0.324 e. The summed E-state index contributed by atoms with van der Waals surface area (Å²) in [6, 6.07) is 3.28. The van der Waals surface area contributed by atoms with E-state index >= 15 is 0 Å². The van der Waals surface area contributed by atoms with Crippen LogP contribution in [-0.4, -0.2) is 37.9 Å². The normalized spacial score (nSPS) is 27.7. The second-order valence-corrected chi connectivity index (χ2v) is 8.95. The topological polar surface area (TPSA) is 63.7 Å². The standard InChI is InChI=1S/C16H19Cl2NO4S/c1-23-16(20)15-8-10-4-2-3-5-14(10)19(15)24(21,22)11-6-7-12(17)13(18)9-11/h6-7,9-10,14-15H,2-5,8H2,1H3/t10-,14-,15+/m1/s1. The molecular weight excluding hydrogens is 373 g/mol. The average molecular weight is 392 g/mol. The lowest BCUT2D eigenvalue weighted by Gasteiger charge is -2.32. The summed E-state index contributed by atoms with van der Waals surface area (Å²) >= 11 is 11.9. The van der Waals surface area contributed by atoms with Crippen LogP contribution in [0.1, 0.15) is 32.1 Å². The predicted octanol–water partition coefficient (Wildman–Crippen LogP) is 3.49. The highest BCUT2D eigenvalue weighted by Crippen LogP contribution is 2.43. The van der Waals surface area contributed by atoms with Crippen LogP contribution in [0, 0.1) is 5.92 Å². The van der Waals surface area contributed by atoms with Crippen LogP contribution in [-0.2, 0) is 19.6 Å². The molecule has 0 amide bonds. The highest BCUT2D eigenvalue weighted by Gasteiger charge is 2.51. The Bertz CT molecular complexity index is 752. The van der Waals surface area contributed by atoms with Crippen molar-refractivity contribution in [3.63, 3.8) is 0 Å². The maximum absolute atomic E-state index is 13.2. The molecule has 1 saturated heterocycles. The van der Waals surface area contributed by atoms with Gasteiger partial charge in [-0.3, -0.25) is 4.79 Å². The van der Waals surface area contributed by atoms with Gasteiger partial charge >= 0.3 is 5.97 Å². The molecule has 3 rings (SSSR count). The van der Waals surface area contributed by atoms with Gasteiger partial charge in [0.25, 0.3) is 0 Å². The number of sulfonamides is 1. The van der Waals surface area contributed by atoms with E-state index < -0.39 is 22.0 Å². The van der Waals surface area contributed by atoms with Crippen molar-refractivity contribution in [3.05, 3.63) is 28.2 Å². The summed E-state index contributed by atoms with van der Waals surface area (Å²) in [5.74, 6) is -0.312. The molecule has 1 aliphatic heterocycles. The van der Waals surface area contributed by atoms with Gasteiger partial charge in [-0.1, -0.05) is 36.0 Å². The first-order chi connectivity index (χ1) is 11.4. The summed E-state index contributed by atoms with van der Waals surface area (Å²) in [5, 5.41) is 0.462. The smallest absolute Gasteiger partial charge is 0.324 e. The number of ether oxygens (including phenoxy) is 1. The first-order valence-electron chi connectivity index (χ1n) is 7.92. The fourth-order valence-corrected chi connectivity index (χ4v) is 6.11. The lowest BCUT2D eigenvalue weighted by atomic mass is 9.85. The van der Waals surface area contributed by atoms with Crippen LogP contribution in [0.3, 0.4) is 0 Å². The highest BCUT2D eigenvalue weighted by atomic mass is 35.5. The van der Waals surface area contributed by atoms with Gasteiger partial charge < -0.3 is 4.74 Å². The molecule has 2 aliphatic rings. The van der Waals surface area contributed by atoms with Crippen molar-refractivity contribution in [2.75, 3.05) is 7.11 Å². The third-order valence-electron chi connectivity index (χ3n) is 4.97. The van der Waals surface area contributed by atoms with Crippen molar-refractivity contribution >= 4 is 39.2 Å². The van der Waals surface area contributed by atoms with Crippen molar-refractivity contribution < 1.29 is 17.9 Å². The number of hydrogen-bond acceptors (Lipinski definition) is 4. The second kappa shape index (κ2) is 6.83. The van der Waals surface area contributed by atoms with Crippen molar-refractivity contribution in [2.45, 2.75) is 49.1 Å².